The maximum atomic E-state index is 11.1. The Bertz CT molecular complexity index is 246. The topological polar surface area (TPSA) is 35.5 Å². The van der Waals surface area contributed by atoms with Crippen LogP contribution >= 0.6 is 0 Å². The molecule has 112 valence electrons. The molecule has 0 aliphatic carbocycles. The lowest BCUT2D eigenvalue weighted by molar-refractivity contribution is -0.139. The molecule has 0 aliphatic rings. The average Bonchev–Trinajstić information content (AvgIpc) is 2.35. The normalized spacial score (nSPS) is 10.7. The number of carbonyl (C=O) groups is 1. The number of esters is 1. The lowest BCUT2D eigenvalue weighted by Gasteiger charge is -2.06. The predicted octanol–water partition coefficient (Wildman–Crippen LogP) is 4.12. The van der Waals surface area contributed by atoms with Crippen LogP contribution in [0, 0.1) is 5.92 Å². The molecule has 0 unspecified atom stereocenters. The summed E-state index contributed by atoms with van der Waals surface area (Å²) in [6.45, 7) is 11.9. The third-order valence-electron chi connectivity index (χ3n) is 2.85. The zero-order valence-electron chi connectivity index (χ0n) is 12.9. The number of ether oxygens (including phenoxy) is 2. The van der Waals surface area contributed by atoms with Crippen molar-refractivity contribution in [1.82, 2.24) is 0 Å². The highest BCUT2D eigenvalue weighted by atomic mass is 16.5. The van der Waals surface area contributed by atoms with E-state index in [0.29, 0.717) is 12.2 Å². The van der Waals surface area contributed by atoms with Gasteiger partial charge in [-0.25, -0.2) is 4.79 Å². The molecule has 0 saturated heterocycles. The van der Waals surface area contributed by atoms with Gasteiger partial charge in [-0.05, 0) is 32.1 Å². The zero-order valence-corrected chi connectivity index (χ0v) is 12.9. The highest BCUT2D eigenvalue weighted by Crippen LogP contribution is 2.05. The molecule has 3 heteroatoms. The molecule has 0 aromatic rings. The quantitative estimate of drug-likeness (QED) is 0.304. The van der Waals surface area contributed by atoms with Crippen molar-refractivity contribution in [1.29, 1.82) is 0 Å². The van der Waals surface area contributed by atoms with E-state index in [4.69, 9.17) is 9.47 Å². The minimum Gasteiger partial charge on any atom is -0.462 e. The van der Waals surface area contributed by atoms with Crippen molar-refractivity contribution < 1.29 is 14.3 Å². The number of rotatable bonds is 12. The molecule has 0 amide bonds. The van der Waals surface area contributed by atoms with Crippen LogP contribution in [-0.4, -0.2) is 25.8 Å². The summed E-state index contributed by atoms with van der Waals surface area (Å²) < 4.78 is 10.6. The molecule has 0 spiro atoms. The number of hydrogen-bond donors (Lipinski definition) is 0. The van der Waals surface area contributed by atoms with E-state index in [9.17, 15) is 4.79 Å². The van der Waals surface area contributed by atoms with Gasteiger partial charge in [-0.2, -0.15) is 0 Å². The van der Waals surface area contributed by atoms with Gasteiger partial charge < -0.3 is 9.47 Å². The van der Waals surface area contributed by atoms with Gasteiger partial charge in [-0.15, -0.1) is 0 Å². The summed E-state index contributed by atoms with van der Waals surface area (Å²) in [6, 6.07) is 0. The molecular weight excluding hydrogens is 240 g/mol. The molecule has 0 bridgehead atoms. The fraction of sp³-hybridized carbons (Fsp3) is 0.812. The molecule has 0 radical (unpaired) electrons. The smallest absolute Gasteiger partial charge is 0.333 e. The lowest BCUT2D eigenvalue weighted by Crippen LogP contribution is -2.06. The van der Waals surface area contributed by atoms with Crippen LogP contribution in [0.4, 0.5) is 0 Å². The number of hydrogen-bond acceptors (Lipinski definition) is 3. The van der Waals surface area contributed by atoms with Gasteiger partial charge in [0.25, 0.3) is 0 Å². The first-order valence-electron chi connectivity index (χ1n) is 7.44. The minimum atomic E-state index is -0.279. The van der Waals surface area contributed by atoms with Gasteiger partial charge in [0, 0.05) is 18.8 Å². The molecule has 0 rings (SSSR count). The van der Waals surface area contributed by atoms with E-state index >= 15 is 0 Å². The summed E-state index contributed by atoms with van der Waals surface area (Å²) in [4.78, 5) is 11.1. The number of unbranched alkanes of at least 4 members (excludes halogenated alkanes) is 4. The summed E-state index contributed by atoms with van der Waals surface area (Å²) in [7, 11) is 0. The van der Waals surface area contributed by atoms with Gasteiger partial charge in [0.05, 0.1) is 6.61 Å². The molecule has 0 N–H and O–H groups in total. The second-order valence-corrected chi connectivity index (χ2v) is 5.48. The minimum absolute atomic E-state index is 0.279. The third kappa shape index (κ3) is 13.4. The standard InChI is InChI=1S/C16H30O3/c1-14(2)10-13-18-11-8-6-5-7-9-12-19-16(17)15(3)4/h14H,3,5-13H2,1-2,4H3. The van der Waals surface area contributed by atoms with Crippen molar-refractivity contribution in [3.05, 3.63) is 12.2 Å². The van der Waals surface area contributed by atoms with Crippen molar-refractivity contribution in [2.75, 3.05) is 19.8 Å². The Labute approximate surface area is 118 Å². The zero-order chi connectivity index (χ0) is 14.5. The monoisotopic (exact) mass is 270 g/mol. The Morgan fingerprint density at radius 2 is 1.58 bits per heavy atom. The second-order valence-electron chi connectivity index (χ2n) is 5.48. The fourth-order valence-corrected chi connectivity index (χ4v) is 1.55. The first kappa shape index (κ1) is 18.2. The van der Waals surface area contributed by atoms with Gasteiger partial charge in [-0.1, -0.05) is 39.7 Å². The van der Waals surface area contributed by atoms with Crippen molar-refractivity contribution in [2.45, 2.75) is 59.3 Å². The second kappa shape index (κ2) is 12.2. The van der Waals surface area contributed by atoms with Crippen LogP contribution < -0.4 is 0 Å². The van der Waals surface area contributed by atoms with E-state index in [1.165, 1.54) is 12.8 Å². The summed E-state index contributed by atoms with van der Waals surface area (Å²) in [6.07, 6.45) is 6.69. The number of carbonyl (C=O) groups excluding carboxylic acids is 1. The molecule has 0 aliphatic heterocycles. The van der Waals surface area contributed by atoms with Gasteiger partial charge in [0.1, 0.15) is 0 Å². The van der Waals surface area contributed by atoms with E-state index in [1.54, 1.807) is 6.92 Å². The SMILES string of the molecule is C=C(C)C(=O)OCCCCCCCOCCC(C)C. The van der Waals surface area contributed by atoms with Crippen LogP contribution in [0.1, 0.15) is 59.3 Å². The van der Waals surface area contributed by atoms with Crippen molar-refractivity contribution >= 4 is 5.97 Å². The first-order valence-corrected chi connectivity index (χ1v) is 7.44. The molecule has 0 aromatic carbocycles. The Hall–Kier alpha value is -0.830. The summed E-state index contributed by atoms with van der Waals surface area (Å²) in [5.74, 6) is 0.445. The van der Waals surface area contributed by atoms with Gasteiger partial charge >= 0.3 is 5.97 Å². The molecule has 3 nitrogen and oxygen atoms in total. The highest BCUT2D eigenvalue weighted by Gasteiger charge is 2.01. The highest BCUT2D eigenvalue weighted by molar-refractivity contribution is 5.86. The Kier molecular flexibility index (Phi) is 11.7. The van der Waals surface area contributed by atoms with Crippen LogP contribution in [0.5, 0.6) is 0 Å². The van der Waals surface area contributed by atoms with Crippen molar-refractivity contribution in [2.24, 2.45) is 5.92 Å². The van der Waals surface area contributed by atoms with E-state index in [2.05, 4.69) is 20.4 Å². The molecule has 0 saturated carbocycles. The van der Waals surface area contributed by atoms with Gasteiger partial charge in [0.15, 0.2) is 0 Å². The molecular formula is C16H30O3. The maximum absolute atomic E-state index is 11.1. The van der Waals surface area contributed by atoms with Crippen LogP contribution in [0.2, 0.25) is 0 Å². The maximum Gasteiger partial charge on any atom is 0.333 e. The van der Waals surface area contributed by atoms with Crippen molar-refractivity contribution in [3.63, 3.8) is 0 Å². The van der Waals surface area contributed by atoms with E-state index < -0.39 is 0 Å². The average molecular weight is 270 g/mol. The molecule has 0 heterocycles. The first-order chi connectivity index (χ1) is 9.04. The molecule has 0 atom stereocenters. The van der Waals surface area contributed by atoms with Crippen LogP contribution in [-0.2, 0) is 14.3 Å². The lowest BCUT2D eigenvalue weighted by atomic mass is 10.1. The van der Waals surface area contributed by atoms with E-state index in [-0.39, 0.29) is 5.97 Å². The summed E-state index contributed by atoms with van der Waals surface area (Å²) in [5.41, 5.74) is 0.471. The molecule has 19 heavy (non-hydrogen) atoms. The van der Waals surface area contributed by atoms with E-state index in [0.717, 1.165) is 44.8 Å². The Morgan fingerprint density at radius 1 is 1.00 bits per heavy atom. The van der Waals surface area contributed by atoms with Gasteiger partial charge in [-0.3, -0.25) is 0 Å². The molecule has 0 fully saturated rings. The van der Waals surface area contributed by atoms with Crippen molar-refractivity contribution in [3.8, 4) is 0 Å². The Morgan fingerprint density at radius 3 is 2.16 bits per heavy atom. The largest absolute Gasteiger partial charge is 0.462 e. The van der Waals surface area contributed by atoms with E-state index in [1.807, 2.05) is 0 Å². The van der Waals surface area contributed by atoms with Gasteiger partial charge in [0.2, 0.25) is 0 Å². The van der Waals surface area contributed by atoms with Crippen LogP contribution in [0.15, 0.2) is 12.2 Å². The fourth-order valence-electron chi connectivity index (χ4n) is 1.55. The summed E-state index contributed by atoms with van der Waals surface area (Å²) in [5, 5.41) is 0. The Balaban J connectivity index is 3.11. The predicted molar refractivity (Wildman–Crippen MR) is 79.1 cm³/mol. The summed E-state index contributed by atoms with van der Waals surface area (Å²) >= 11 is 0. The van der Waals surface area contributed by atoms with Crippen LogP contribution in [0.25, 0.3) is 0 Å². The third-order valence-corrected chi connectivity index (χ3v) is 2.85. The molecule has 0 aromatic heterocycles. The van der Waals surface area contributed by atoms with Crippen LogP contribution in [0.3, 0.4) is 0 Å².